The highest BCUT2D eigenvalue weighted by atomic mass is 16.2. The quantitative estimate of drug-likeness (QED) is 0.838. The summed E-state index contributed by atoms with van der Waals surface area (Å²) in [6.07, 6.45) is 7.29. The molecule has 0 aromatic heterocycles. The van der Waals surface area contributed by atoms with Gasteiger partial charge < -0.3 is 5.32 Å². The van der Waals surface area contributed by atoms with Crippen LogP contribution in [0.1, 0.15) is 49.7 Å². The smallest absolute Gasteiger partial charge is 0.321 e. The Bertz CT molecular complexity index is 677. The van der Waals surface area contributed by atoms with E-state index in [1.165, 1.54) is 24.8 Å². The molecule has 0 aliphatic heterocycles. The molecule has 1 aromatic carbocycles. The number of aryl methyl sites for hydroxylation is 1. The zero-order valence-electron chi connectivity index (χ0n) is 16.5. The second kappa shape index (κ2) is 7.27. The van der Waals surface area contributed by atoms with Crippen LogP contribution in [0.5, 0.6) is 0 Å². The molecule has 0 heterocycles. The molecule has 0 atom stereocenters. The van der Waals surface area contributed by atoms with E-state index in [-0.39, 0.29) is 24.0 Å². The summed E-state index contributed by atoms with van der Waals surface area (Å²) >= 11 is 0. The van der Waals surface area contributed by atoms with Gasteiger partial charge in [0.1, 0.15) is 0 Å². The van der Waals surface area contributed by atoms with Crippen molar-refractivity contribution in [3.63, 3.8) is 0 Å². The van der Waals surface area contributed by atoms with Crippen molar-refractivity contribution in [3.05, 3.63) is 35.4 Å². The maximum absolute atomic E-state index is 12.5. The zero-order valence-corrected chi connectivity index (χ0v) is 16.5. The van der Waals surface area contributed by atoms with Crippen LogP contribution in [0.15, 0.2) is 24.3 Å². The predicted molar refractivity (Wildman–Crippen MR) is 105 cm³/mol. The Morgan fingerprint density at radius 1 is 1.04 bits per heavy atom. The van der Waals surface area contributed by atoms with Gasteiger partial charge in [-0.1, -0.05) is 29.8 Å². The van der Waals surface area contributed by atoms with Gasteiger partial charge in [0, 0.05) is 12.1 Å². The molecule has 1 aromatic rings. The second-order valence-corrected chi connectivity index (χ2v) is 9.36. The van der Waals surface area contributed by atoms with Gasteiger partial charge in [0.2, 0.25) is 5.91 Å². The Kier molecular flexibility index (Phi) is 4.97. The van der Waals surface area contributed by atoms with Crippen molar-refractivity contribution in [2.24, 2.45) is 17.8 Å². The number of benzene rings is 1. The minimum atomic E-state index is -0.314. The Morgan fingerprint density at radius 2 is 1.59 bits per heavy atom. The van der Waals surface area contributed by atoms with Gasteiger partial charge in [-0.25, -0.2) is 4.79 Å². The van der Waals surface area contributed by atoms with E-state index in [4.69, 9.17) is 0 Å². The molecule has 2 N–H and O–H groups in total. The van der Waals surface area contributed by atoms with Gasteiger partial charge >= 0.3 is 6.03 Å². The minimum Gasteiger partial charge on any atom is -0.332 e. The van der Waals surface area contributed by atoms with Crippen LogP contribution in [0, 0.1) is 24.7 Å². The number of carbonyl (C=O) groups excluding carboxylic acids is 2. The fourth-order valence-corrected chi connectivity index (χ4v) is 6.01. The summed E-state index contributed by atoms with van der Waals surface area (Å²) in [4.78, 5) is 26.7. The van der Waals surface area contributed by atoms with Gasteiger partial charge in [-0.05, 0) is 75.8 Å². The normalized spacial score (nSPS) is 31.1. The topological polar surface area (TPSA) is 61.4 Å². The summed E-state index contributed by atoms with van der Waals surface area (Å²) < 4.78 is 0. The number of imide groups is 1. The largest absolute Gasteiger partial charge is 0.332 e. The molecule has 0 radical (unpaired) electrons. The van der Waals surface area contributed by atoms with Crippen LogP contribution in [-0.4, -0.2) is 36.0 Å². The number of carbonyl (C=O) groups is 2. The molecule has 4 fully saturated rings. The van der Waals surface area contributed by atoms with Crippen molar-refractivity contribution in [2.75, 3.05) is 13.6 Å². The third-order valence-corrected chi connectivity index (χ3v) is 6.66. The molecule has 5 nitrogen and oxygen atoms in total. The number of hydrogen-bond donors (Lipinski definition) is 2. The number of likely N-dealkylation sites (N-methyl/N-ethyl adjacent to an activating group) is 1. The third-order valence-electron chi connectivity index (χ3n) is 6.66. The average molecular weight is 370 g/mol. The van der Waals surface area contributed by atoms with Crippen molar-refractivity contribution < 1.29 is 9.59 Å². The SMILES string of the molecule is Cc1ccc(CN(C)CC(=O)NC(=O)NC23CC4CC(CC(C4)C2)C3)cc1. The van der Waals surface area contributed by atoms with Crippen LogP contribution < -0.4 is 10.6 Å². The van der Waals surface area contributed by atoms with E-state index in [1.807, 2.05) is 11.9 Å². The van der Waals surface area contributed by atoms with E-state index in [0.717, 1.165) is 42.6 Å². The Labute approximate surface area is 161 Å². The number of nitrogens with one attached hydrogen (secondary N) is 2. The summed E-state index contributed by atoms with van der Waals surface area (Å²) in [5.41, 5.74) is 2.32. The number of urea groups is 1. The minimum absolute atomic E-state index is 0.0626. The fourth-order valence-electron chi connectivity index (χ4n) is 6.01. The maximum Gasteiger partial charge on any atom is 0.321 e. The molecule has 3 amide bonds. The molecule has 4 aliphatic rings. The van der Waals surface area contributed by atoms with Crippen LogP contribution in [0.25, 0.3) is 0 Å². The first-order valence-corrected chi connectivity index (χ1v) is 10.3. The molecule has 4 bridgehead atoms. The van der Waals surface area contributed by atoms with Gasteiger partial charge in [0.15, 0.2) is 0 Å². The Hall–Kier alpha value is -1.88. The van der Waals surface area contributed by atoms with E-state index in [0.29, 0.717) is 6.54 Å². The third kappa shape index (κ3) is 4.34. The van der Waals surface area contributed by atoms with Crippen LogP contribution in [0.4, 0.5) is 4.79 Å². The van der Waals surface area contributed by atoms with Crippen molar-refractivity contribution >= 4 is 11.9 Å². The molecular weight excluding hydrogens is 338 g/mol. The highest BCUT2D eigenvalue weighted by Gasteiger charge is 2.51. The lowest BCUT2D eigenvalue weighted by Crippen LogP contribution is -2.62. The molecule has 0 unspecified atom stereocenters. The number of nitrogens with zero attached hydrogens (tertiary/aromatic N) is 1. The van der Waals surface area contributed by atoms with Crippen molar-refractivity contribution in [2.45, 2.75) is 57.5 Å². The number of rotatable bonds is 5. The van der Waals surface area contributed by atoms with Crippen molar-refractivity contribution in [1.29, 1.82) is 0 Å². The standard InChI is InChI=1S/C22H31N3O2/c1-15-3-5-16(6-4-15)13-25(2)14-20(26)23-21(27)24-22-10-17-7-18(11-22)9-19(8-17)12-22/h3-6,17-19H,7-14H2,1-2H3,(H2,23,24,26,27). The summed E-state index contributed by atoms with van der Waals surface area (Å²) in [5.74, 6) is 2.07. The monoisotopic (exact) mass is 369 g/mol. The molecule has 27 heavy (non-hydrogen) atoms. The van der Waals surface area contributed by atoms with Crippen LogP contribution in [0.3, 0.4) is 0 Å². The maximum atomic E-state index is 12.5. The molecule has 0 saturated heterocycles. The first-order chi connectivity index (χ1) is 12.9. The van der Waals surface area contributed by atoms with Gasteiger partial charge in [-0.3, -0.25) is 15.0 Å². The zero-order chi connectivity index (χ0) is 19.0. The fraction of sp³-hybridized carbons (Fsp3) is 0.636. The lowest BCUT2D eigenvalue weighted by molar-refractivity contribution is -0.121. The highest BCUT2D eigenvalue weighted by molar-refractivity contribution is 5.95. The highest BCUT2D eigenvalue weighted by Crippen LogP contribution is 2.55. The second-order valence-electron chi connectivity index (χ2n) is 9.36. The van der Waals surface area contributed by atoms with E-state index >= 15 is 0 Å². The summed E-state index contributed by atoms with van der Waals surface area (Å²) in [5, 5.41) is 5.75. The Balaban J connectivity index is 1.25. The molecular formula is C22H31N3O2. The molecule has 4 aliphatic carbocycles. The molecule has 146 valence electrons. The first-order valence-electron chi connectivity index (χ1n) is 10.3. The van der Waals surface area contributed by atoms with Crippen LogP contribution >= 0.6 is 0 Å². The first kappa shape index (κ1) is 18.5. The van der Waals surface area contributed by atoms with Crippen molar-refractivity contribution in [3.8, 4) is 0 Å². The summed E-state index contributed by atoms with van der Waals surface area (Å²) in [6.45, 7) is 2.95. The number of hydrogen-bond acceptors (Lipinski definition) is 3. The van der Waals surface area contributed by atoms with Crippen molar-refractivity contribution in [1.82, 2.24) is 15.5 Å². The molecule has 5 rings (SSSR count). The molecule has 4 saturated carbocycles. The van der Waals surface area contributed by atoms with E-state index < -0.39 is 0 Å². The van der Waals surface area contributed by atoms with Gasteiger partial charge in [0.25, 0.3) is 0 Å². The Morgan fingerprint density at radius 3 is 2.15 bits per heavy atom. The lowest BCUT2D eigenvalue weighted by atomic mass is 9.53. The van der Waals surface area contributed by atoms with Gasteiger partial charge in [-0.15, -0.1) is 0 Å². The average Bonchev–Trinajstić information content (AvgIpc) is 2.54. The summed E-state index contributed by atoms with van der Waals surface area (Å²) in [6, 6.07) is 7.97. The van der Waals surface area contributed by atoms with Crippen LogP contribution in [0.2, 0.25) is 0 Å². The predicted octanol–water partition coefficient (Wildman–Crippen LogP) is 3.22. The molecule has 0 spiro atoms. The lowest BCUT2D eigenvalue weighted by Gasteiger charge is -2.56. The molecule has 5 heteroatoms. The summed E-state index contributed by atoms with van der Waals surface area (Å²) in [7, 11) is 1.90. The van der Waals surface area contributed by atoms with Gasteiger partial charge in [-0.2, -0.15) is 0 Å². The van der Waals surface area contributed by atoms with E-state index in [1.54, 1.807) is 0 Å². The number of amides is 3. The van der Waals surface area contributed by atoms with E-state index in [9.17, 15) is 9.59 Å². The van der Waals surface area contributed by atoms with Crippen LogP contribution in [-0.2, 0) is 11.3 Å². The van der Waals surface area contributed by atoms with Gasteiger partial charge in [0.05, 0.1) is 6.54 Å². The van der Waals surface area contributed by atoms with E-state index in [2.05, 4.69) is 41.8 Å².